The number of amides is 1. The van der Waals surface area contributed by atoms with Crippen molar-refractivity contribution in [3.05, 3.63) is 35.4 Å². The van der Waals surface area contributed by atoms with E-state index in [0.717, 1.165) is 37.6 Å². The lowest BCUT2D eigenvalue weighted by molar-refractivity contribution is -0.120. The van der Waals surface area contributed by atoms with Gasteiger partial charge in [-0.05, 0) is 37.6 Å². The van der Waals surface area contributed by atoms with Gasteiger partial charge in [0.05, 0.1) is 6.42 Å². The van der Waals surface area contributed by atoms with Gasteiger partial charge in [0.1, 0.15) is 11.6 Å². The van der Waals surface area contributed by atoms with Crippen LogP contribution in [0.2, 0.25) is 0 Å². The van der Waals surface area contributed by atoms with Crippen LogP contribution >= 0.6 is 0 Å². The summed E-state index contributed by atoms with van der Waals surface area (Å²) in [5, 5.41) is 6.07. The molecule has 1 heterocycles. The number of piperidine rings is 1. The molecule has 1 unspecified atom stereocenters. The summed E-state index contributed by atoms with van der Waals surface area (Å²) < 4.78 is 26.3. The molecule has 0 radical (unpaired) electrons. The van der Waals surface area contributed by atoms with E-state index < -0.39 is 11.6 Å². The molecule has 1 aromatic rings. The van der Waals surface area contributed by atoms with Crippen LogP contribution in [-0.4, -0.2) is 25.0 Å². The maximum absolute atomic E-state index is 13.4. The summed E-state index contributed by atoms with van der Waals surface area (Å²) in [4.78, 5) is 11.7. The van der Waals surface area contributed by atoms with E-state index in [1.165, 1.54) is 6.42 Å². The lowest BCUT2D eigenvalue weighted by atomic mass is 10.0. The maximum Gasteiger partial charge on any atom is 0.224 e. The van der Waals surface area contributed by atoms with Crippen LogP contribution in [0.15, 0.2) is 18.2 Å². The maximum atomic E-state index is 13.4. The normalized spacial score (nSPS) is 19.2. The summed E-state index contributed by atoms with van der Waals surface area (Å²) >= 11 is 0. The molecule has 1 aromatic carbocycles. The molecule has 2 rings (SSSR count). The molecule has 0 aromatic heterocycles. The molecule has 1 aliphatic heterocycles. The van der Waals surface area contributed by atoms with Crippen LogP contribution in [0.1, 0.15) is 24.8 Å². The molecular formula is C14H18F2N2O. The predicted octanol–water partition coefficient (Wildman–Crippen LogP) is 1.77. The van der Waals surface area contributed by atoms with Gasteiger partial charge >= 0.3 is 0 Å². The fourth-order valence-electron chi connectivity index (χ4n) is 2.25. The van der Waals surface area contributed by atoms with E-state index in [0.29, 0.717) is 6.54 Å². The molecule has 1 fully saturated rings. The average Bonchev–Trinajstić information content (AvgIpc) is 2.42. The number of hydrogen-bond acceptors (Lipinski definition) is 2. The highest BCUT2D eigenvalue weighted by Gasteiger charge is 2.14. The first-order chi connectivity index (χ1) is 9.15. The van der Waals surface area contributed by atoms with E-state index in [4.69, 9.17) is 0 Å². The van der Waals surface area contributed by atoms with E-state index in [2.05, 4.69) is 10.6 Å². The third-order valence-corrected chi connectivity index (χ3v) is 3.32. The van der Waals surface area contributed by atoms with Gasteiger partial charge in [0.2, 0.25) is 5.91 Å². The van der Waals surface area contributed by atoms with E-state index in [9.17, 15) is 13.6 Å². The van der Waals surface area contributed by atoms with E-state index >= 15 is 0 Å². The molecule has 1 saturated heterocycles. The predicted molar refractivity (Wildman–Crippen MR) is 68.7 cm³/mol. The molecule has 0 spiro atoms. The highest BCUT2D eigenvalue weighted by Crippen LogP contribution is 2.10. The molecule has 104 valence electrons. The molecule has 0 saturated carbocycles. The first-order valence-electron chi connectivity index (χ1n) is 6.59. The number of carbonyl (C=O) groups is 1. The molecule has 1 aliphatic rings. The van der Waals surface area contributed by atoms with Crippen molar-refractivity contribution in [2.45, 2.75) is 31.7 Å². The molecule has 2 N–H and O–H groups in total. The summed E-state index contributed by atoms with van der Waals surface area (Å²) in [5.41, 5.74) is 0.0918. The van der Waals surface area contributed by atoms with Gasteiger partial charge in [-0.25, -0.2) is 8.78 Å². The van der Waals surface area contributed by atoms with Crippen LogP contribution in [0.25, 0.3) is 0 Å². The molecule has 1 amide bonds. The van der Waals surface area contributed by atoms with Crippen molar-refractivity contribution in [2.24, 2.45) is 0 Å². The lowest BCUT2D eigenvalue weighted by Crippen LogP contribution is -2.43. The summed E-state index contributed by atoms with van der Waals surface area (Å²) in [6.07, 6.45) is 3.23. The average molecular weight is 268 g/mol. The topological polar surface area (TPSA) is 41.1 Å². The van der Waals surface area contributed by atoms with Crippen LogP contribution in [0.3, 0.4) is 0 Å². The number of halogens is 2. The quantitative estimate of drug-likeness (QED) is 0.873. The van der Waals surface area contributed by atoms with Crippen LogP contribution in [0.5, 0.6) is 0 Å². The van der Waals surface area contributed by atoms with Crippen LogP contribution in [0.4, 0.5) is 8.78 Å². The van der Waals surface area contributed by atoms with Crippen LogP contribution < -0.4 is 10.6 Å². The van der Waals surface area contributed by atoms with Crippen LogP contribution in [0, 0.1) is 11.6 Å². The molecule has 1 atom stereocenters. The Kier molecular flexibility index (Phi) is 4.85. The Labute approximate surface area is 111 Å². The van der Waals surface area contributed by atoms with E-state index in [1.807, 2.05) is 0 Å². The highest BCUT2D eigenvalue weighted by molar-refractivity contribution is 5.78. The Balaban J connectivity index is 1.81. The van der Waals surface area contributed by atoms with Crippen molar-refractivity contribution in [1.29, 1.82) is 0 Å². The standard InChI is InChI=1S/C14H18F2N2O/c15-11-4-5-13(16)10(7-11)8-14(19)18-9-12-3-1-2-6-17-12/h4-5,7,12,17H,1-3,6,8-9H2,(H,18,19). The summed E-state index contributed by atoms with van der Waals surface area (Å²) in [7, 11) is 0. The molecule has 19 heavy (non-hydrogen) atoms. The number of carbonyl (C=O) groups excluding carboxylic acids is 1. The minimum absolute atomic E-state index is 0.0918. The first kappa shape index (κ1) is 13.9. The highest BCUT2D eigenvalue weighted by atomic mass is 19.1. The van der Waals surface area contributed by atoms with Crippen molar-refractivity contribution in [1.82, 2.24) is 10.6 Å². The van der Waals surface area contributed by atoms with Gasteiger partial charge < -0.3 is 10.6 Å². The zero-order valence-electron chi connectivity index (χ0n) is 10.7. The number of hydrogen-bond donors (Lipinski definition) is 2. The first-order valence-corrected chi connectivity index (χ1v) is 6.59. The van der Waals surface area contributed by atoms with E-state index in [1.54, 1.807) is 0 Å². The lowest BCUT2D eigenvalue weighted by Gasteiger charge is -2.23. The van der Waals surface area contributed by atoms with Crippen molar-refractivity contribution in [3.63, 3.8) is 0 Å². The van der Waals surface area contributed by atoms with Crippen molar-refractivity contribution >= 4 is 5.91 Å². The molecule has 5 heteroatoms. The van der Waals surface area contributed by atoms with Crippen LogP contribution in [-0.2, 0) is 11.2 Å². The molecular weight excluding hydrogens is 250 g/mol. The Morgan fingerprint density at radius 3 is 2.95 bits per heavy atom. The number of rotatable bonds is 4. The zero-order valence-corrected chi connectivity index (χ0v) is 10.7. The minimum Gasteiger partial charge on any atom is -0.354 e. The van der Waals surface area contributed by atoms with Gasteiger partial charge in [0.25, 0.3) is 0 Å². The van der Waals surface area contributed by atoms with Gasteiger partial charge in [-0.3, -0.25) is 4.79 Å². The Hall–Kier alpha value is -1.49. The Bertz CT molecular complexity index is 445. The largest absolute Gasteiger partial charge is 0.354 e. The summed E-state index contributed by atoms with van der Waals surface area (Å²) in [5.74, 6) is -1.36. The second-order valence-electron chi connectivity index (χ2n) is 4.86. The third-order valence-electron chi connectivity index (χ3n) is 3.32. The SMILES string of the molecule is O=C(Cc1cc(F)ccc1F)NCC1CCCCN1. The van der Waals surface area contributed by atoms with Gasteiger partial charge in [-0.2, -0.15) is 0 Å². The Morgan fingerprint density at radius 2 is 2.21 bits per heavy atom. The third kappa shape index (κ3) is 4.28. The van der Waals surface area contributed by atoms with Crippen molar-refractivity contribution in [2.75, 3.05) is 13.1 Å². The fraction of sp³-hybridized carbons (Fsp3) is 0.500. The van der Waals surface area contributed by atoms with Gasteiger partial charge in [-0.1, -0.05) is 6.42 Å². The molecule has 3 nitrogen and oxygen atoms in total. The summed E-state index contributed by atoms with van der Waals surface area (Å²) in [6, 6.07) is 3.44. The van der Waals surface area contributed by atoms with Gasteiger partial charge in [0.15, 0.2) is 0 Å². The number of nitrogens with one attached hydrogen (secondary N) is 2. The second-order valence-corrected chi connectivity index (χ2v) is 4.86. The smallest absolute Gasteiger partial charge is 0.224 e. The minimum atomic E-state index is -0.549. The molecule has 0 aliphatic carbocycles. The van der Waals surface area contributed by atoms with Gasteiger partial charge in [0, 0.05) is 18.2 Å². The van der Waals surface area contributed by atoms with Crippen molar-refractivity contribution < 1.29 is 13.6 Å². The monoisotopic (exact) mass is 268 g/mol. The Morgan fingerprint density at radius 1 is 1.37 bits per heavy atom. The van der Waals surface area contributed by atoms with E-state index in [-0.39, 0.29) is 23.9 Å². The fourth-order valence-corrected chi connectivity index (χ4v) is 2.25. The second kappa shape index (κ2) is 6.61. The zero-order chi connectivity index (χ0) is 13.7. The number of benzene rings is 1. The molecule has 0 bridgehead atoms. The summed E-state index contributed by atoms with van der Waals surface area (Å²) in [6.45, 7) is 1.51. The van der Waals surface area contributed by atoms with Gasteiger partial charge in [-0.15, -0.1) is 0 Å². The van der Waals surface area contributed by atoms with Crippen molar-refractivity contribution in [3.8, 4) is 0 Å².